The minimum Gasteiger partial charge on any atom is -0.366 e. The molecule has 6 heteroatoms. The molecule has 1 unspecified atom stereocenters. The summed E-state index contributed by atoms with van der Waals surface area (Å²) in [6.07, 6.45) is 2.61. The number of amides is 1. The van der Waals surface area contributed by atoms with Gasteiger partial charge in [-0.1, -0.05) is 11.6 Å². The molecule has 1 atom stereocenters. The van der Waals surface area contributed by atoms with Gasteiger partial charge < -0.3 is 15.4 Å². The van der Waals surface area contributed by atoms with Gasteiger partial charge in [0.05, 0.1) is 23.5 Å². The highest BCUT2D eigenvalue weighted by Crippen LogP contribution is 2.19. The summed E-state index contributed by atoms with van der Waals surface area (Å²) < 4.78 is 5.31. The molecule has 2 heterocycles. The van der Waals surface area contributed by atoms with E-state index in [0.29, 0.717) is 23.9 Å². The summed E-state index contributed by atoms with van der Waals surface area (Å²) >= 11 is 5.90. The van der Waals surface area contributed by atoms with Gasteiger partial charge in [-0.3, -0.25) is 9.78 Å². The van der Waals surface area contributed by atoms with Gasteiger partial charge in [0, 0.05) is 19.3 Å². The number of rotatable bonds is 2. The molecule has 1 saturated heterocycles. The van der Waals surface area contributed by atoms with Gasteiger partial charge >= 0.3 is 0 Å². The fourth-order valence-electron chi connectivity index (χ4n) is 1.42. The quantitative estimate of drug-likeness (QED) is 0.799. The van der Waals surface area contributed by atoms with Crippen LogP contribution in [0.3, 0.4) is 0 Å². The maximum absolute atomic E-state index is 11.8. The van der Waals surface area contributed by atoms with Crippen LogP contribution in [0, 0.1) is 0 Å². The van der Waals surface area contributed by atoms with Crippen LogP contribution in [0.15, 0.2) is 18.5 Å². The van der Waals surface area contributed by atoms with Gasteiger partial charge in [-0.2, -0.15) is 0 Å². The fraction of sp³-hybridized carbons (Fsp3) is 0.400. The molecule has 1 aliphatic heterocycles. The number of ether oxygens (including phenoxy) is 1. The van der Waals surface area contributed by atoms with Crippen LogP contribution in [-0.4, -0.2) is 36.7 Å². The second-order valence-corrected chi connectivity index (χ2v) is 3.82. The molecule has 2 N–H and O–H groups in total. The summed E-state index contributed by atoms with van der Waals surface area (Å²) in [6.45, 7) is 1.83. The number of aromatic nitrogens is 1. The average molecular weight is 242 g/mol. The van der Waals surface area contributed by atoms with Crippen LogP contribution >= 0.6 is 11.6 Å². The highest BCUT2D eigenvalue weighted by molar-refractivity contribution is 6.33. The van der Waals surface area contributed by atoms with Crippen LogP contribution in [-0.2, 0) is 9.53 Å². The summed E-state index contributed by atoms with van der Waals surface area (Å²) in [5.41, 5.74) is 0.503. The van der Waals surface area contributed by atoms with Crippen molar-refractivity contribution in [3.8, 4) is 0 Å². The van der Waals surface area contributed by atoms with E-state index in [2.05, 4.69) is 15.6 Å². The van der Waals surface area contributed by atoms with Crippen molar-refractivity contribution in [1.29, 1.82) is 0 Å². The first-order valence-electron chi connectivity index (χ1n) is 5.00. The van der Waals surface area contributed by atoms with Crippen LogP contribution < -0.4 is 10.6 Å². The summed E-state index contributed by atoms with van der Waals surface area (Å²) in [7, 11) is 0. The van der Waals surface area contributed by atoms with Crippen LogP contribution in [0.4, 0.5) is 5.69 Å². The number of hydrogen-bond donors (Lipinski definition) is 2. The molecular formula is C10H12ClN3O2. The van der Waals surface area contributed by atoms with Crippen molar-refractivity contribution < 1.29 is 9.53 Å². The fourth-order valence-corrected chi connectivity index (χ4v) is 1.57. The normalized spacial score (nSPS) is 20.4. The van der Waals surface area contributed by atoms with E-state index in [1.807, 2.05) is 0 Å². The number of morpholine rings is 1. The number of hydrogen-bond acceptors (Lipinski definition) is 4. The average Bonchev–Trinajstić information content (AvgIpc) is 2.33. The highest BCUT2D eigenvalue weighted by atomic mass is 35.5. The molecule has 1 aliphatic rings. The number of nitrogens with one attached hydrogen (secondary N) is 2. The zero-order valence-electron chi connectivity index (χ0n) is 8.57. The standard InChI is InChI=1S/C10H12ClN3O2/c11-7-1-2-12-5-8(7)14-10(15)9-6-13-3-4-16-9/h1-2,5,9,13H,3-4,6H2,(H,14,15). The van der Waals surface area contributed by atoms with Gasteiger partial charge in [0.2, 0.25) is 0 Å². The van der Waals surface area contributed by atoms with E-state index in [-0.39, 0.29) is 5.91 Å². The largest absolute Gasteiger partial charge is 0.366 e. The van der Waals surface area contributed by atoms with Gasteiger partial charge in [0.25, 0.3) is 5.91 Å². The second-order valence-electron chi connectivity index (χ2n) is 3.41. The highest BCUT2D eigenvalue weighted by Gasteiger charge is 2.22. The Bertz CT molecular complexity index is 380. The van der Waals surface area contributed by atoms with Gasteiger partial charge in [-0.25, -0.2) is 0 Å². The minimum absolute atomic E-state index is 0.206. The maximum atomic E-state index is 11.8. The summed E-state index contributed by atoms with van der Waals surface area (Å²) in [5.74, 6) is -0.206. The molecule has 0 spiro atoms. The molecule has 0 radical (unpaired) electrons. The third kappa shape index (κ3) is 2.69. The number of halogens is 1. The lowest BCUT2D eigenvalue weighted by molar-refractivity contribution is -0.128. The van der Waals surface area contributed by atoms with E-state index in [0.717, 1.165) is 6.54 Å². The van der Waals surface area contributed by atoms with E-state index in [1.165, 1.54) is 6.20 Å². The Kier molecular flexibility index (Phi) is 3.71. The molecule has 0 saturated carbocycles. The molecule has 86 valence electrons. The number of carbonyl (C=O) groups excluding carboxylic acids is 1. The van der Waals surface area contributed by atoms with Crippen LogP contribution in [0.2, 0.25) is 5.02 Å². The molecule has 0 bridgehead atoms. The Morgan fingerprint density at radius 1 is 1.69 bits per heavy atom. The van der Waals surface area contributed by atoms with Crippen molar-refractivity contribution in [3.63, 3.8) is 0 Å². The Hall–Kier alpha value is -1.17. The van der Waals surface area contributed by atoms with E-state index < -0.39 is 6.10 Å². The number of pyridine rings is 1. The predicted octanol–water partition coefficient (Wildman–Crippen LogP) is 0.662. The monoisotopic (exact) mass is 241 g/mol. The number of nitrogens with zero attached hydrogens (tertiary/aromatic N) is 1. The van der Waals surface area contributed by atoms with Gasteiger partial charge in [0.1, 0.15) is 6.10 Å². The Morgan fingerprint density at radius 2 is 2.56 bits per heavy atom. The van der Waals surface area contributed by atoms with E-state index >= 15 is 0 Å². The Labute approximate surface area is 98.1 Å². The van der Waals surface area contributed by atoms with Crippen LogP contribution in [0.1, 0.15) is 0 Å². The molecular weight excluding hydrogens is 230 g/mol. The molecule has 2 rings (SSSR count). The molecule has 0 aromatic carbocycles. The van der Waals surface area contributed by atoms with Crippen molar-refractivity contribution >= 4 is 23.2 Å². The molecule has 1 amide bonds. The molecule has 1 aromatic heterocycles. The van der Waals surface area contributed by atoms with Gasteiger partial charge in [-0.05, 0) is 6.07 Å². The maximum Gasteiger partial charge on any atom is 0.254 e. The summed E-state index contributed by atoms with van der Waals surface area (Å²) in [6, 6.07) is 1.62. The third-order valence-corrected chi connectivity index (χ3v) is 2.58. The second kappa shape index (κ2) is 5.25. The van der Waals surface area contributed by atoms with Gasteiger partial charge in [0.15, 0.2) is 0 Å². The summed E-state index contributed by atoms with van der Waals surface area (Å²) in [4.78, 5) is 15.6. The molecule has 0 aliphatic carbocycles. The van der Waals surface area contributed by atoms with Crippen molar-refractivity contribution in [2.24, 2.45) is 0 Å². The minimum atomic E-state index is -0.468. The van der Waals surface area contributed by atoms with Gasteiger partial charge in [-0.15, -0.1) is 0 Å². The first kappa shape index (κ1) is 11.3. The predicted molar refractivity (Wildman–Crippen MR) is 60.5 cm³/mol. The SMILES string of the molecule is O=C(Nc1cnccc1Cl)C1CNCCO1. The van der Waals surface area contributed by atoms with Crippen molar-refractivity contribution in [3.05, 3.63) is 23.5 Å². The zero-order chi connectivity index (χ0) is 11.4. The van der Waals surface area contributed by atoms with E-state index in [9.17, 15) is 4.79 Å². The summed E-state index contributed by atoms with van der Waals surface area (Å²) in [5, 5.41) is 6.23. The topological polar surface area (TPSA) is 63.2 Å². The zero-order valence-corrected chi connectivity index (χ0v) is 9.33. The van der Waals surface area contributed by atoms with E-state index in [1.54, 1.807) is 12.3 Å². The lowest BCUT2D eigenvalue weighted by atomic mass is 10.3. The van der Waals surface area contributed by atoms with Crippen LogP contribution in [0.5, 0.6) is 0 Å². The molecule has 1 fully saturated rings. The van der Waals surface area contributed by atoms with Crippen molar-refractivity contribution in [1.82, 2.24) is 10.3 Å². The smallest absolute Gasteiger partial charge is 0.254 e. The lowest BCUT2D eigenvalue weighted by Crippen LogP contribution is -2.45. The Morgan fingerprint density at radius 3 is 3.25 bits per heavy atom. The molecule has 16 heavy (non-hydrogen) atoms. The van der Waals surface area contributed by atoms with E-state index in [4.69, 9.17) is 16.3 Å². The number of anilines is 1. The van der Waals surface area contributed by atoms with Crippen molar-refractivity contribution in [2.75, 3.05) is 25.0 Å². The molecule has 5 nitrogen and oxygen atoms in total. The van der Waals surface area contributed by atoms with Crippen LogP contribution in [0.25, 0.3) is 0 Å². The number of carbonyl (C=O) groups is 1. The third-order valence-electron chi connectivity index (χ3n) is 2.25. The first-order chi connectivity index (χ1) is 7.77. The Balaban J connectivity index is 1.99. The lowest BCUT2D eigenvalue weighted by Gasteiger charge is -2.22. The van der Waals surface area contributed by atoms with Crippen molar-refractivity contribution in [2.45, 2.75) is 6.10 Å². The molecule has 1 aromatic rings. The first-order valence-corrected chi connectivity index (χ1v) is 5.38.